The molecule has 44 heavy (non-hydrogen) atoms. The summed E-state index contributed by atoms with van der Waals surface area (Å²) in [7, 11) is 0. The third-order valence-electron chi connectivity index (χ3n) is 7.04. The van der Waals surface area contributed by atoms with Crippen molar-refractivity contribution in [2.75, 3.05) is 6.61 Å². The van der Waals surface area contributed by atoms with E-state index in [0.717, 1.165) is 22.3 Å². The van der Waals surface area contributed by atoms with E-state index in [1.807, 2.05) is 0 Å². The number of halogens is 4. The van der Waals surface area contributed by atoms with Crippen molar-refractivity contribution in [2.45, 2.75) is 45.1 Å². The lowest BCUT2D eigenvalue weighted by Crippen LogP contribution is -2.42. The van der Waals surface area contributed by atoms with Crippen LogP contribution in [0.5, 0.6) is 11.5 Å². The number of nitrogens with zero attached hydrogens (tertiary/aromatic N) is 4. The minimum atomic E-state index is -4.92. The molecular formula is C31H28F4N4O5. The van der Waals surface area contributed by atoms with E-state index in [2.05, 4.69) is 9.72 Å². The molecular weight excluding hydrogens is 584 g/mol. The SMILES string of the molecule is O=c1c2c(n(Cc3ccccn3)c(=O)n1CCCO)N=C(Oc1cccc(OC(F)(F)F)c1)C(Cc1ccc(F)cc1)CC2. The Morgan fingerprint density at radius 2 is 1.75 bits per heavy atom. The van der Waals surface area contributed by atoms with Crippen LogP contribution in [0.1, 0.15) is 29.7 Å². The van der Waals surface area contributed by atoms with Crippen LogP contribution in [0.2, 0.25) is 0 Å². The molecule has 0 fully saturated rings. The van der Waals surface area contributed by atoms with Crippen molar-refractivity contribution in [3.05, 3.63) is 116 Å². The fraction of sp³-hybridized carbons (Fsp3) is 0.290. The fourth-order valence-corrected chi connectivity index (χ4v) is 5.01. The number of hydrogen-bond acceptors (Lipinski definition) is 7. The van der Waals surface area contributed by atoms with Gasteiger partial charge >= 0.3 is 12.1 Å². The van der Waals surface area contributed by atoms with E-state index >= 15 is 0 Å². The number of rotatable bonds is 9. The molecule has 230 valence electrons. The van der Waals surface area contributed by atoms with Gasteiger partial charge < -0.3 is 14.6 Å². The average molecular weight is 613 g/mol. The van der Waals surface area contributed by atoms with Crippen LogP contribution in [0.4, 0.5) is 23.4 Å². The Bertz CT molecular complexity index is 1750. The number of aliphatic hydroxyl groups is 1. The highest BCUT2D eigenvalue weighted by molar-refractivity contribution is 5.84. The maximum absolute atomic E-state index is 13.7. The van der Waals surface area contributed by atoms with Crippen molar-refractivity contribution < 1.29 is 32.1 Å². The maximum atomic E-state index is 13.7. The summed E-state index contributed by atoms with van der Waals surface area (Å²) in [6, 6.07) is 15.9. The van der Waals surface area contributed by atoms with Gasteiger partial charge in [-0.15, -0.1) is 13.2 Å². The topological polar surface area (TPSA) is 108 Å². The van der Waals surface area contributed by atoms with Gasteiger partial charge in [0.25, 0.3) is 5.56 Å². The Morgan fingerprint density at radius 3 is 2.45 bits per heavy atom. The van der Waals surface area contributed by atoms with E-state index in [4.69, 9.17) is 9.73 Å². The molecule has 4 aromatic rings. The summed E-state index contributed by atoms with van der Waals surface area (Å²) in [5.74, 6) is -1.34. The quantitative estimate of drug-likeness (QED) is 0.273. The molecule has 0 bridgehead atoms. The van der Waals surface area contributed by atoms with Crippen LogP contribution >= 0.6 is 0 Å². The van der Waals surface area contributed by atoms with E-state index < -0.39 is 35.1 Å². The standard InChI is InChI=1S/C31H28F4N4O5/c32-22-11-8-20(9-12-22)17-21-10-13-26-27(37-28(21)43-24-6-3-7-25(18-24)44-31(33,34)35)39(19-23-5-1-2-14-36-23)30(42)38(29(26)41)15-4-16-40/h1-3,5-9,11-12,14,18,21,40H,4,10,13,15-17,19H2. The number of fused-ring (bicyclic) bond motifs is 1. The normalized spacial score (nSPS) is 14.8. The van der Waals surface area contributed by atoms with Crippen LogP contribution in [0, 0.1) is 11.7 Å². The van der Waals surface area contributed by atoms with Gasteiger partial charge in [-0.05, 0) is 67.6 Å². The van der Waals surface area contributed by atoms with Crippen LogP contribution in [-0.4, -0.2) is 38.1 Å². The Balaban J connectivity index is 1.64. The van der Waals surface area contributed by atoms with Gasteiger partial charge in [0.2, 0.25) is 0 Å². The zero-order chi connectivity index (χ0) is 31.3. The molecule has 0 aliphatic carbocycles. The molecule has 0 saturated carbocycles. The molecule has 1 N–H and O–H groups in total. The minimum absolute atomic E-state index is 0.00651. The molecule has 1 aliphatic heterocycles. The predicted molar refractivity (Wildman–Crippen MR) is 153 cm³/mol. The first-order valence-corrected chi connectivity index (χ1v) is 13.9. The number of benzene rings is 2. The van der Waals surface area contributed by atoms with E-state index in [0.29, 0.717) is 18.5 Å². The van der Waals surface area contributed by atoms with Crippen molar-refractivity contribution >= 4 is 11.7 Å². The molecule has 0 spiro atoms. The number of pyridine rings is 1. The van der Waals surface area contributed by atoms with E-state index in [-0.39, 0.29) is 55.6 Å². The number of hydrogen-bond donors (Lipinski definition) is 1. The first-order valence-electron chi connectivity index (χ1n) is 13.9. The Morgan fingerprint density at radius 1 is 0.977 bits per heavy atom. The molecule has 9 nitrogen and oxygen atoms in total. The van der Waals surface area contributed by atoms with Crippen molar-refractivity contribution in [1.29, 1.82) is 0 Å². The lowest BCUT2D eigenvalue weighted by molar-refractivity contribution is -0.274. The molecule has 2 aromatic heterocycles. The van der Waals surface area contributed by atoms with Crippen LogP contribution in [0.15, 0.2) is 87.5 Å². The van der Waals surface area contributed by atoms with Gasteiger partial charge in [0.1, 0.15) is 23.1 Å². The Labute approximate surface area is 248 Å². The van der Waals surface area contributed by atoms with Crippen LogP contribution in [0.3, 0.4) is 0 Å². The highest BCUT2D eigenvalue weighted by Gasteiger charge is 2.32. The number of aromatic nitrogens is 3. The second-order valence-electron chi connectivity index (χ2n) is 10.2. The highest BCUT2D eigenvalue weighted by Crippen LogP contribution is 2.31. The molecule has 5 rings (SSSR count). The largest absolute Gasteiger partial charge is 0.573 e. The monoisotopic (exact) mass is 612 g/mol. The molecule has 0 radical (unpaired) electrons. The van der Waals surface area contributed by atoms with Gasteiger partial charge in [0, 0.05) is 31.3 Å². The predicted octanol–water partition coefficient (Wildman–Crippen LogP) is 4.79. The Kier molecular flexibility index (Phi) is 9.23. The maximum Gasteiger partial charge on any atom is 0.573 e. The van der Waals surface area contributed by atoms with Crippen molar-refractivity contribution in [1.82, 2.24) is 14.1 Å². The highest BCUT2D eigenvalue weighted by atomic mass is 19.4. The molecule has 2 aromatic carbocycles. The van der Waals surface area contributed by atoms with Crippen molar-refractivity contribution in [3.63, 3.8) is 0 Å². The number of aliphatic hydroxyl groups excluding tert-OH is 1. The molecule has 1 unspecified atom stereocenters. The zero-order valence-corrected chi connectivity index (χ0v) is 23.3. The Hall–Kier alpha value is -4.78. The number of ether oxygens (including phenoxy) is 2. The fourth-order valence-electron chi connectivity index (χ4n) is 5.01. The van der Waals surface area contributed by atoms with Gasteiger partial charge in [-0.3, -0.25) is 18.9 Å². The van der Waals surface area contributed by atoms with Crippen LogP contribution in [-0.2, 0) is 25.9 Å². The smallest absolute Gasteiger partial charge is 0.442 e. The van der Waals surface area contributed by atoms with Gasteiger partial charge in [-0.1, -0.05) is 24.3 Å². The van der Waals surface area contributed by atoms with Crippen LogP contribution < -0.4 is 20.7 Å². The molecule has 3 heterocycles. The van der Waals surface area contributed by atoms with Crippen LogP contribution in [0.25, 0.3) is 0 Å². The van der Waals surface area contributed by atoms with Crippen molar-refractivity contribution in [3.8, 4) is 11.5 Å². The molecule has 13 heteroatoms. The van der Waals surface area contributed by atoms with Crippen molar-refractivity contribution in [2.24, 2.45) is 10.9 Å². The van der Waals surface area contributed by atoms with Gasteiger partial charge in [-0.2, -0.15) is 4.99 Å². The second-order valence-corrected chi connectivity index (χ2v) is 10.2. The summed E-state index contributed by atoms with van der Waals surface area (Å²) in [6.45, 7) is -0.270. The number of alkyl halides is 3. The molecule has 0 saturated heterocycles. The number of aliphatic imine (C=N–C) groups is 1. The summed E-state index contributed by atoms with van der Waals surface area (Å²) in [4.78, 5) is 36.3. The second kappa shape index (κ2) is 13.2. The van der Waals surface area contributed by atoms with E-state index in [1.54, 1.807) is 36.5 Å². The first kappa shape index (κ1) is 30.7. The minimum Gasteiger partial charge on any atom is -0.442 e. The summed E-state index contributed by atoms with van der Waals surface area (Å²) in [5.41, 5.74) is 0.288. The van der Waals surface area contributed by atoms with Gasteiger partial charge in [0.05, 0.1) is 17.8 Å². The molecule has 1 atom stereocenters. The van der Waals surface area contributed by atoms with E-state index in [1.165, 1.54) is 28.8 Å². The summed E-state index contributed by atoms with van der Waals surface area (Å²) in [5, 5.41) is 9.38. The summed E-state index contributed by atoms with van der Waals surface area (Å²) >= 11 is 0. The zero-order valence-electron chi connectivity index (χ0n) is 23.3. The van der Waals surface area contributed by atoms with E-state index in [9.17, 15) is 32.3 Å². The summed E-state index contributed by atoms with van der Waals surface area (Å²) < 4.78 is 64.8. The third-order valence-corrected chi connectivity index (χ3v) is 7.04. The lowest BCUT2D eigenvalue weighted by atomic mass is 9.93. The molecule has 0 amide bonds. The first-order chi connectivity index (χ1) is 21.1. The molecule has 1 aliphatic rings. The van der Waals surface area contributed by atoms with Gasteiger partial charge in [0.15, 0.2) is 5.90 Å². The lowest BCUT2D eigenvalue weighted by Gasteiger charge is -2.19. The average Bonchev–Trinajstić information content (AvgIpc) is 3.16. The van der Waals surface area contributed by atoms with Gasteiger partial charge in [-0.25, -0.2) is 9.18 Å². The summed E-state index contributed by atoms with van der Waals surface area (Å²) in [6.07, 6.45) is -2.37. The third kappa shape index (κ3) is 7.40.